The Morgan fingerprint density at radius 2 is 1.61 bits per heavy atom. The number of aryl methyl sites for hydroxylation is 1. The van der Waals surface area contributed by atoms with Crippen molar-refractivity contribution >= 4 is 11.7 Å². The van der Waals surface area contributed by atoms with Crippen molar-refractivity contribution in [1.29, 1.82) is 0 Å². The number of carbonyl (C=O) groups excluding carboxylic acids is 2. The molecule has 0 atom stereocenters. The van der Waals surface area contributed by atoms with Crippen LogP contribution in [0, 0.1) is 0 Å². The van der Waals surface area contributed by atoms with Crippen molar-refractivity contribution in [1.82, 2.24) is 20.3 Å². The number of hydrogen-bond donors (Lipinski definition) is 1. The Balaban J connectivity index is 1.90. The summed E-state index contributed by atoms with van der Waals surface area (Å²) in [5.74, 6) is 0.180. The summed E-state index contributed by atoms with van der Waals surface area (Å²) in [7, 11) is 0. The van der Waals surface area contributed by atoms with E-state index < -0.39 is 0 Å². The first-order chi connectivity index (χ1) is 11.1. The highest BCUT2D eigenvalue weighted by atomic mass is 16.1. The van der Waals surface area contributed by atoms with Crippen molar-refractivity contribution in [2.24, 2.45) is 0 Å². The van der Waals surface area contributed by atoms with Crippen LogP contribution in [-0.2, 0) is 22.6 Å². The topological polar surface area (TPSA) is 76.9 Å². The number of carbonyl (C=O) groups is 2. The van der Waals surface area contributed by atoms with Crippen LogP contribution in [0.3, 0.4) is 0 Å². The number of nitrogens with one attached hydrogen (secondary N) is 1. The van der Waals surface area contributed by atoms with Crippen molar-refractivity contribution in [3.05, 3.63) is 11.9 Å². The van der Waals surface area contributed by atoms with Gasteiger partial charge < -0.3 is 5.32 Å². The largest absolute Gasteiger partial charge is 0.356 e. The molecular weight excluding hydrogens is 292 g/mol. The van der Waals surface area contributed by atoms with Gasteiger partial charge in [-0.15, -0.1) is 5.10 Å². The average molecular weight is 322 g/mol. The molecule has 23 heavy (non-hydrogen) atoms. The van der Waals surface area contributed by atoms with Crippen LogP contribution in [0.5, 0.6) is 0 Å². The molecule has 1 rings (SSSR count). The molecule has 1 heterocycles. The second kappa shape index (κ2) is 11.8. The van der Waals surface area contributed by atoms with E-state index in [-0.39, 0.29) is 11.7 Å². The summed E-state index contributed by atoms with van der Waals surface area (Å²) in [4.78, 5) is 21.7. The number of rotatable bonds is 13. The predicted molar refractivity (Wildman–Crippen MR) is 90.0 cm³/mol. The second-order valence-corrected chi connectivity index (χ2v) is 6.16. The Bertz CT molecular complexity index is 471. The summed E-state index contributed by atoms with van der Waals surface area (Å²) in [6.45, 7) is 4.81. The summed E-state index contributed by atoms with van der Waals surface area (Å²) in [5.41, 5.74) is 0.761. The van der Waals surface area contributed by atoms with Crippen LogP contribution in [0.4, 0.5) is 0 Å². The molecular formula is C17H30N4O2. The fraction of sp³-hybridized carbons (Fsp3) is 0.765. The zero-order valence-electron chi connectivity index (χ0n) is 14.5. The Labute approximate surface area is 139 Å². The maximum Gasteiger partial charge on any atom is 0.216 e. The molecule has 1 N–H and O–H groups in total. The highest BCUT2D eigenvalue weighted by Crippen LogP contribution is 2.09. The van der Waals surface area contributed by atoms with E-state index in [1.807, 2.05) is 10.9 Å². The molecule has 0 aliphatic rings. The van der Waals surface area contributed by atoms with Crippen molar-refractivity contribution in [2.45, 2.75) is 78.2 Å². The molecule has 0 bridgehead atoms. The van der Waals surface area contributed by atoms with Crippen molar-refractivity contribution in [3.8, 4) is 0 Å². The first-order valence-corrected chi connectivity index (χ1v) is 8.71. The average Bonchev–Trinajstić information content (AvgIpc) is 2.91. The number of hydrogen-bond acceptors (Lipinski definition) is 4. The van der Waals surface area contributed by atoms with Gasteiger partial charge in [-0.3, -0.25) is 14.3 Å². The fourth-order valence-electron chi connectivity index (χ4n) is 2.51. The summed E-state index contributed by atoms with van der Waals surface area (Å²) < 4.78 is 1.83. The summed E-state index contributed by atoms with van der Waals surface area (Å²) >= 11 is 0. The minimum Gasteiger partial charge on any atom is -0.356 e. The molecule has 0 radical (unpaired) electrons. The Kier molecular flexibility index (Phi) is 9.91. The molecule has 0 aliphatic heterocycles. The Morgan fingerprint density at radius 3 is 2.22 bits per heavy atom. The lowest BCUT2D eigenvalue weighted by molar-refractivity contribution is -0.119. The molecule has 0 spiro atoms. The van der Waals surface area contributed by atoms with E-state index in [0.29, 0.717) is 6.42 Å². The quantitative estimate of drug-likeness (QED) is 0.566. The van der Waals surface area contributed by atoms with Gasteiger partial charge in [0.15, 0.2) is 0 Å². The lowest BCUT2D eigenvalue weighted by atomic mass is 10.1. The van der Waals surface area contributed by atoms with E-state index >= 15 is 0 Å². The normalized spacial score (nSPS) is 10.7. The van der Waals surface area contributed by atoms with Gasteiger partial charge in [-0.2, -0.15) is 0 Å². The third-order valence-corrected chi connectivity index (χ3v) is 3.70. The number of ketones is 1. The number of nitrogens with zero attached hydrogens (tertiary/aromatic N) is 3. The molecule has 1 amide bonds. The molecule has 6 nitrogen and oxygen atoms in total. The van der Waals surface area contributed by atoms with Crippen LogP contribution in [0.2, 0.25) is 0 Å². The molecule has 0 aliphatic carbocycles. The third-order valence-electron chi connectivity index (χ3n) is 3.70. The molecule has 130 valence electrons. The van der Waals surface area contributed by atoms with Gasteiger partial charge in [-0.25, -0.2) is 0 Å². The second-order valence-electron chi connectivity index (χ2n) is 6.16. The maximum absolute atomic E-state index is 11.0. The van der Waals surface area contributed by atoms with Gasteiger partial charge in [0.05, 0.1) is 12.1 Å². The lowest BCUT2D eigenvalue weighted by Crippen LogP contribution is -2.20. The highest BCUT2D eigenvalue weighted by Gasteiger charge is 2.03. The van der Waals surface area contributed by atoms with E-state index in [2.05, 4.69) is 15.6 Å². The lowest BCUT2D eigenvalue weighted by Gasteiger charge is -2.03. The molecule has 0 saturated heterocycles. The standard InChI is InChI=1S/C17H30N4O2/c1-15(22)13-17-14-21(20-19-17)12-10-8-6-4-3-5-7-9-11-18-16(2)23/h14H,3-13H2,1-2H3,(H,18,23). The minimum atomic E-state index is 0.0609. The van der Waals surface area contributed by atoms with Gasteiger partial charge in [0, 0.05) is 26.2 Å². The number of amides is 1. The smallest absolute Gasteiger partial charge is 0.216 e. The third kappa shape index (κ3) is 10.6. The van der Waals surface area contributed by atoms with Crippen molar-refractivity contribution < 1.29 is 9.59 Å². The van der Waals surface area contributed by atoms with Crippen LogP contribution in [0.15, 0.2) is 6.20 Å². The molecule has 6 heteroatoms. The first-order valence-electron chi connectivity index (χ1n) is 8.71. The molecule has 1 aromatic heterocycles. The predicted octanol–water partition coefficient (Wildman–Crippen LogP) is 2.67. The van der Waals surface area contributed by atoms with E-state index in [4.69, 9.17) is 0 Å². The SMILES string of the molecule is CC(=O)Cc1cn(CCCCCCCCCCNC(C)=O)nn1. The van der Waals surface area contributed by atoms with Gasteiger partial charge in [0.2, 0.25) is 5.91 Å². The van der Waals surface area contributed by atoms with Crippen LogP contribution >= 0.6 is 0 Å². The number of aromatic nitrogens is 3. The van der Waals surface area contributed by atoms with E-state index in [0.717, 1.165) is 31.6 Å². The van der Waals surface area contributed by atoms with Gasteiger partial charge in [-0.05, 0) is 19.8 Å². The van der Waals surface area contributed by atoms with E-state index in [1.54, 1.807) is 13.8 Å². The van der Waals surface area contributed by atoms with Crippen LogP contribution in [0.25, 0.3) is 0 Å². The van der Waals surface area contributed by atoms with E-state index in [1.165, 1.54) is 38.5 Å². The van der Waals surface area contributed by atoms with Gasteiger partial charge >= 0.3 is 0 Å². The Morgan fingerprint density at radius 1 is 1.00 bits per heavy atom. The van der Waals surface area contributed by atoms with Gasteiger partial charge in [0.25, 0.3) is 0 Å². The van der Waals surface area contributed by atoms with Gasteiger partial charge in [0.1, 0.15) is 5.78 Å². The highest BCUT2D eigenvalue weighted by molar-refractivity contribution is 5.77. The van der Waals surface area contributed by atoms with Crippen LogP contribution < -0.4 is 5.32 Å². The molecule has 0 fully saturated rings. The maximum atomic E-state index is 11.0. The molecule has 0 aromatic carbocycles. The summed E-state index contributed by atoms with van der Waals surface area (Å²) in [6, 6.07) is 0. The van der Waals surface area contributed by atoms with Crippen LogP contribution in [0.1, 0.15) is 70.9 Å². The number of Topliss-reactive ketones (excluding diaryl/α,β-unsaturated/α-hetero) is 1. The fourth-order valence-corrected chi connectivity index (χ4v) is 2.51. The molecule has 0 unspecified atom stereocenters. The minimum absolute atomic E-state index is 0.0609. The molecule has 0 saturated carbocycles. The summed E-state index contributed by atoms with van der Waals surface area (Å²) in [5, 5.41) is 10.9. The van der Waals surface area contributed by atoms with E-state index in [9.17, 15) is 9.59 Å². The Hall–Kier alpha value is -1.72. The molecule has 1 aromatic rings. The summed E-state index contributed by atoms with van der Waals surface area (Å²) in [6.07, 6.45) is 11.9. The van der Waals surface area contributed by atoms with Crippen molar-refractivity contribution in [3.63, 3.8) is 0 Å². The first kappa shape index (κ1) is 19.3. The zero-order valence-corrected chi connectivity index (χ0v) is 14.5. The van der Waals surface area contributed by atoms with Crippen molar-refractivity contribution in [2.75, 3.05) is 6.54 Å². The monoisotopic (exact) mass is 322 g/mol. The zero-order chi connectivity index (χ0) is 16.9. The van der Waals surface area contributed by atoms with Gasteiger partial charge in [-0.1, -0.05) is 43.7 Å². The number of unbranched alkanes of at least 4 members (excludes halogenated alkanes) is 7. The van der Waals surface area contributed by atoms with Crippen LogP contribution in [-0.4, -0.2) is 33.2 Å².